The fourth-order valence-electron chi connectivity index (χ4n) is 2.03. The van der Waals surface area contributed by atoms with Gasteiger partial charge in [0, 0.05) is 32.7 Å². The van der Waals surface area contributed by atoms with E-state index in [-0.39, 0.29) is 0 Å². The molecular weight excluding hydrogens is 224 g/mol. The van der Waals surface area contributed by atoms with Gasteiger partial charge in [-0.1, -0.05) is 11.6 Å². The summed E-state index contributed by atoms with van der Waals surface area (Å²) in [5.74, 6) is 1.00. The first-order chi connectivity index (χ1) is 8.65. The molecule has 1 aromatic heterocycles. The summed E-state index contributed by atoms with van der Waals surface area (Å²) < 4.78 is 0. The van der Waals surface area contributed by atoms with Gasteiger partial charge < -0.3 is 4.90 Å². The molecule has 0 aliphatic carbocycles. The molecule has 1 fully saturated rings. The fourth-order valence-corrected chi connectivity index (χ4v) is 2.03. The monoisotopic (exact) mass is 246 g/mol. The van der Waals surface area contributed by atoms with E-state index in [4.69, 9.17) is 0 Å². The van der Waals surface area contributed by atoms with Gasteiger partial charge >= 0.3 is 0 Å². The van der Waals surface area contributed by atoms with Crippen molar-refractivity contribution in [1.29, 1.82) is 0 Å². The van der Waals surface area contributed by atoms with Gasteiger partial charge in [0.15, 0.2) is 5.82 Å². The second-order valence-corrected chi connectivity index (χ2v) is 5.10. The minimum atomic E-state index is 0.973. The largest absolute Gasteiger partial charge is 0.353 e. The van der Waals surface area contributed by atoms with Gasteiger partial charge in [0.2, 0.25) is 0 Å². The number of rotatable bonds is 3. The Hall–Kier alpha value is -1.42. The molecule has 0 bridgehead atoms. The Balaban J connectivity index is 1.86. The van der Waals surface area contributed by atoms with Gasteiger partial charge in [-0.05, 0) is 32.9 Å². The van der Waals surface area contributed by atoms with Crippen molar-refractivity contribution in [2.75, 3.05) is 37.6 Å². The smallest absolute Gasteiger partial charge is 0.151 e. The predicted octanol–water partition coefficient (Wildman–Crippen LogP) is 1.87. The third-order valence-corrected chi connectivity index (χ3v) is 3.24. The van der Waals surface area contributed by atoms with Crippen molar-refractivity contribution in [3.8, 4) is 0 Å². The summed E-state index contributed by atoms with van der Waals surface area (Å²) in [5.41, 5.74) is 2.36. The molecule has 4 heteroatoms. The average Bonchev–Trinajstić information content (AvgIpc) is 2.38. The van der Waals surface area contributed by atoms with E-state index >= 15 is 0 Å². The summed E-state index contributed by atoms with van der Waals surface area (Å²) >= 11 is 0. The number of hydrogen-bond donors (Lipinski definition) is 0. The van der Waals surface area contributed by atoms with Gasteiger partial charge in [-0.15, -0.1) is 5.10 Å². The summed E-state index contributed by atoms with van der Waals surface area (Å²) in [6, 6.07) is 4.09. The molecule has 1 aliphatic rings. The molecular formula is C14H22N4. The Morgan fingerprint density at radius 2 is 1.89 bits per heavy atom. The number of aryl methyl sites for hydroxylation is 1. The summed E-state index contributed by atoms with van der Waals surface area (Å²) in [5, 5.41) is 8.36. The molecule has 0 unspecified atom stereocenters. The van der Waals surface area contributed by atoms with Crippen molar-refractivity contribution in [2.45, 2.75) is 20.8 Å². The maximum atomic E-state index is 4.25. The number of allylic oxidation sites excluding steroid dienone is 1. The summed E-state index contributed by atoms with van der Waals surface area (Å²) in [7, 11) is 0. The van der Waals surface area contributed by atoms with Crippen LogP contribution < -0.4 is 4.90 Å². The van der Waals surface area contributed by atoms with Crippen molar-refractivity contribution in [1.82, 2.24) is 15.1 Å². The molecule has 0 saturated carbocycles. The number of anilines is 1. The lowest BCUT2D eigenvalue weighted by Crippen LogP contribution is -2.46. The van der Waals surface area contributed by atoms with Crippen molar-refractivity contribution < 1.29 is 0 Å². The van der Waals surface area contributed by atoms with E-state index in [9.17, 15) is 0 Å². The highest BCUT2D eigenvalue weighted by Gasteiger charge is 2.17. The average molecular weight is 246 g/mol. The van der Waals surface area contributed by atoms with Crippen LogP contribution in [0.15, 0.2) is 23.8 Å². The maximum Gasteiger partial charge on any atom is 0.151 e. The third kappa shape index (κ3) is 3.53. The molecule has 0 spiro atoms. The lowest BCUT2D eigenvalue weighted by atomic mass is 10.2. The second kappa shape index (κ2) is 5.96. The van der Waals surface area contributed by atoms with Crippen LogP contribution in [0.5, 0.6) is 0 Å². The Kier molecular flexibility index (Phi) is 4.31. The van der Waals surface area contributed by atoms with Crippen LogP contribution in [0.1, 0.15) is 19.5 Å². The zero-order valence-corrected chi connectivity index (χ0v) is 11.6. The maximum absolute atomic E-state index is 4.25. The molecule has 2 rings (SSSR count). The van der Waals surface area contributed by atoms with E-state index in [0.717, 1.165) is 44.2 Å². The first-order valence-electron chi connectivity index (χ1n) is 6.56. The quantitative estimate of drug-likeness (QED) is 0.762. The number of nitrogens with zero attached hydrogens (tertiary/aromatic N) is 4. The predicted molar refractivity (Wildman–Crippen MR) is 74.9 cm³/mol. The molecule has 0 radical (unpaired) electrons. The Morgan fingerprint density at radius 1 is 1.17 bits per heavy atom. The van der Waals surface area contributed by atoms with Crippen LogP contribution in [0.4, 0.5) is 5.82 Å². The van der Waals surface area contributed by atoms with Crippen molar-refractivity contribution in [3.63, 3.8) is 0 Å². The van der Waals surface area contributed by atoms with E-state index in [0.29, 0.717) is 0 Å². The Bertz CT molecular complexity index is 398. The van der Waals surface area contributed by atoms with Crippen molar-refractivity contribution in [3.05, 3.63) is 29.5 Å². The third-order valence-electron chi connectivity index (χ3n) is 3.24. The van der Waals surface area contributed by atoms with Crippen LogP contribution >= 0.6 is 0 Å². The van der Waals surface area contributed by atoms with Crippen LogP contribution in [-0.4, -0.2) is 47.8 Å². The van der Waals surface area contributed by atoms with E-state index < -0.39 is 0 Å². The van der Waals surface area contributed by atoms with E-state index in [1.807, 2.05) is 13.0 Å². The zero-order valence-electron chi connectivity index (χ0n) is 11.6. The molecule has 98 valence electrons. The van der Waals surface area contributed by atoms with Crippen LogP contribution in [-0.2, 0) is 0 Å². The molecule has 0 N–H and O–H groups in total. The summed E-state index contributed by atoms with van der Waals surface area (Å²) in [6.07, 6.45) is 2.29. The molecule has 0 aromatic carbocycles. The second-order valence-electron chi connectivity index (χ2n) is 5.10. The zero-order chi connectivity index (χ0) is 13.0. The SMILES string of the molecule is CC(C)=CCN1CCN(c2ccc(C)nn2)CC1. The fraction of sp³-hybridized carbons (Fsp3) is 0.571. The van der Waals surface area contributed by atoms with Crippen LogP contribution in [0.25, 0.3) is 0 Å². The van der Waals surface area contributed by atoms with Crippen molar-refractivity contribution >= 4 is 5.82 Å². The van der Waals surface area contributed by atoms with Gasteiger partial charge in [0.25, 0.3) is 0 Å². The lowest BCUT2D eigenvalue weighted by molar-refractivity contribution is 0.282. The molecule has 0 atom stereocenters. The highest BCUT2D eigenvalue weighted by molar-refractivity contribution is 5.37. The standard InChI is InChI=1S/C14H22N4/c1-12(2)6-7-17-8-10-18(11-9-17)14-5-4-13(3)15-16-14/h4-6H,7-11H2,1-3H3. The highest BCUT2D eigenvalue weighted by Crippen LogP contribution is 2.12. The van der Waals surface area contributed by atoms with Crippen LogP contribution in [0.2, 0.25) is 0 Å². The minimum Gasteiger partial charge on any atom is -0.353 e. The summed E-state index contributed by atoms with van der Waals surface area (Å²) in [6.45, 7) is 11.6. The van der Waals surface area contributed by atoms with E-state index in [1.54, 1.807) is 0 Å². The Labute approximate surface area is 109 Å². The first kappa shape index (κ1) is 13.0. The Morgan fingerprint density at radius 3 is 2.44 bits per heavy atom. The molecule has 2 heterocycles. The number of aromatic nitrogens is 2. The van der Waals surface area contributed by atoms with E-state index in [2.05, 4.69) is 46.0 Å². The molecule has 4 nitrogen and oxygen atoms in total. The normalized spacial score (nSPS) is 16.7. The number of hydrogen-bond acceptors (Lipinski definition) is 4. The molecule has 18 heavy (non-hydrogen) atoms. The molecule has 1 aromatic rings. The molecule has 1 saturated heterocycles. The van der Waals surface area contributed by atoms with E-state index in [1.165, 1.54) is 5.57 Å². The number of piperazine rings is 1. The topological polar surface area (TPSA) is 32.3 Å². The van der Waals surface area contributed by atoms with Crippen molar-refractivity contribution in [2.24, 2.45) is 0 Å². The molecule has 0 amide bonds. The van der Waals surface area contributed by atoms with Gasteiger partial charge in [-0.3, -0.25) is 4.90 Å². The summed E-state index contributed by atoms with van der Waals surface area (Å²) in [4.78, 5) is 4.79. The van der Waals surface area contributed by atoms with Gasteiger partial charge in [0.05, 0.1) is 5.69 Å². The van der Waals surface area contributed by atoms with Gasteiger partial charge in [-0.2, -0.15) is 5.10 Å². The van der Waals surface area contributed by atoms with Gasteiger partial charge in [-0.25, -0.2) is 0 Å². The van der Waals surface area contributed by atoms with Crippen LogP contribution in [0, 0.1) is 6.92 Å². The highest BCUT2D eigenvalue weighted by atomic mass is 15.3. The van der Waals surface area contributed by atoms with Gasteiger partial charge in [0.1, 0.15) is 0 Å². The van der Waals surface area contributed by atoms with Crippen LogP contribution in [0.3, 0.4) is 0 Å². The minimum absolute atomic E-state index is 0.973. The molecule has 1 aliphatic heterocycles. The first-order valence-corrected chi connectivity index (χ1v) is 6.56. The lowest BCUT2D eigenvalue weighted by Gasteiger charge is -2.34.